The van der Waals surface area contributed by atoms with Gasteiger partial charge >= 0.3 is 6.18 Å². The molecule has 4 heteroatoms. The van der Waals surface area contributed by atoms with Gasteiger partial charge in [0.05, 0.1) is 5.56 Å². The summed E-state index contributed by atoms with van der Waals surface area (Å²) >= 11 is 0. The molecule has 0 saturated heterocycles. The van der Waals surface area contributed by atoms with E-state index in [-0.39, 0.29) is 5.92 Å². The van der Waals surface area contributed by atoms with Crippen LogP contribution in [-0.4, -0.2) is 12.6 Å². The summed E-state index contributed by atoms with van der Waals surface area (Å²) in [6.07, 6.45) is 0.209. The van der Waals surface area contributed by atoms with Crippen LogP contribution >= 0.6 is 0 Å². The van der Waals surface area contributed by atoms with Crippen LogP contribution in [0.1, 0.15) is 56.6 Å². The molecule has 1 aliphatic rings. The number of hydrogen-bond acceptors (Lipinski definition) is 1. The lowest BCUT2D eigenvalue weighted by molar-refractivity contribution is -0.137. The molecule has 0 amide bonds. The Morgan fingerprint density at radius 2 is 2.00 bits per heavy atom. The molecule has 21 heavy (non-hydrogen) atoms. The topological polar surface area (TPSA) is 12.0 Å². The molecule has 1 aromatic carbocycles. The van der Waals surface area contributed by atoms with E-state index < -0.39 is 11.7 Å². The van der Waals surface area contributed by atoms with Gasteiger partial charge in [0.15, 0.2) is 0 Å². The molecule has 0 radical (unpaired) electrons. The van der Waals surface area contributed by atoms with E-state index >= 15 is 0 Å². The number of benzene rings is 1. The standard InChI is InChI=1S/C17H24F3N/c1-3-5-12(2)16(11-21-15-8-9-15)13-6-4-7-14(10-13)17(18,19)20/h4,6-7,10,12,15-16,21H,3,5,8-9,11H2,1-2H3. The minimum absolute atomic E-state index is 0.146. The Hall–Kier alpha value is -1.03. The summed E-state index contributed by atoms with van der Waals surface area (Å²) in [5.41, 5.74) is 0.263. The molecule has 1 N–H and O–H groups in total. The summed E-state index contributed by atoms with van der Waals surface area (Å²) < 4.78 is 38.7. The maximum absolute atomic E-state index is 12.9. The molecule has 1 aliphatic carbocycles. The molecule has 2 rings (SSSR count). The van der Waals surface area contributed by atoms with Crippen LogP contribution in [0, 0.1) is 5.92 Å². The van der Waals surface area contributed by atoms with Crippen molar-refractivity contribution in [1.82, 2.24) is 5.32 Å². The van der Waals surface area contributed by atoms with Gasteiger partial charge in [0.1, 0.15) is 0 Å². The molecule has 0 heterocycles. The van der Waals surface area contributed by atoms with Gasteiger partial charge in [-0.1, -0.05) is 44.9 Å². The molecule has 2 unspecified atom stereocenters. The Morgan fingerprint density at radius 1 is 1.29 bits per heavy atom. The Morgan fingerprint density at radius 3 is 2.57 bits per heavy atom. The van der Waals surface area contributed by atoms with Crippen molar-refractivity contribution in [3.05, 3.63) is 35.4 Å². The normalized spacial score (nSPS) is 18.5. The fourth-order valence-corrected chi connectivity index (χ4v) is 2.83. The third-order valence-corrected chi connectivity index (χ3v) is 4.28. The lowest BCUT2D eigenvalue weighted by Gasteiger charge is -2.25. The molecule has 0 aliphatic heterocycles. The van der Waals surface area contributed by atoms with Crippen molar-refractivity contribution < 1.29 is 13.2 Å². The lowest BCUT2D eigenvalue weighted by Crippen LogP contribution is -2.27. The van der Waals surface area contributed by atoms with E-state index in [1.807, 2.05) is 6.07 Å². The second-order valence-corrected chi connectivity index (χ2v) is 6.18. The van der Waals surface area contributed by atoms with Gasteiger partial charge in [-0.25, -0.2) is 0 Å². The number of alkyl halides is 3. The average molecular weight is 299 g/mol. The molecule has 1 aromatic rings. The second kappa shape index (κ2) is 6.82. The van der Waals surface area contributed by atoms with E-state index in [0.29, 0.717) is 12.0 Å². The zero-order valence-electron chi connectivity index (χ0n) is 12.7. The Balaban J connectivity index is 2.17. The summed E-state index contributed by atoms with van der Waals surface area (Å²) in [6.45, 7) is 5.03. The van der Waals surface area contributed by atoms with Gasteiger partial charge in [-0.15, -0.1) is 0 Å². The van der Waals surface area contributed by atoms with Crippen LogP contribution in [0.4, 0.5) is 13.2 Å². The van der Waals surface area contributed by atoms with Gasteiger partial charge in [-0.3, -0.25) is 0 Å². The monoisotopic (exact) mass is 299 g/mol. The summed E-state index contributed by atoms with van der Waals surface area (Å²) in [7, 11) is 0. The minimum Gasteiger partial charge on any atom is -0.313 e. The molecule has 2 atom stereocenters. The number of rotatable bonds is 7. The highest BCUT2D eigenvalue weighted by Gasteiger charge is 2.32. The predicted molar refractivity (Wildman–Crippen MR) is 79.3 cm³/mol. The average Bonchev–Trinajstić information content (AvgIpc) is 3.23. The number of hydrogen-bond donors (Lipinski definition) is 1. The van der Waals surface area contributed by atoms with Crippen molar-refractivity contribution in [2.75, 3.05) is 6.54 Å². The Labute approximate surface area is 124 Å². The van der Waals surface area contributed by atoms with E-state index in [1.54, 1.807) is 0 Å². The molecule has 0 aromatic heterocycles. The molecule has 0 spiro atoms. The van der Waals surface area contributed by atoms with E-state index in [4.69, 9.17) is 0 Å². The molecular formula is C17H24F3N. The third kappa shape index (κ3) is 4.73. The fraction of sp³-hybridized carbons (Fsp3) is 0.647. The SMILES string of the molecule is CCCC(C)C(CNC1CC1)c1cccc(C(F)(F)F)c1. The van der Waals surface area contributed by atoms with Crippen LogP contribution in [0.5, 0.6) is 0 Å². The van der Waals surface area contributed by atoms with Crippen molar-refractivity contribution in [1.29, 1.82) is 0 Å². The maximum Gasteiger partial charge on any atom is 0.416 e. The number of nitrogens with one attached hydrogen (secondary N) is 1. The van der Waals surface area contributed by atoms with Gasteiger partial charge in [0, 0.05) is 12.6 Å². The predicted octanol–water partition coefficient (Wildman–Crippen LogP) is 4.98. The van der Waals surface area contributed by atoms with Gasteiger partial charge in [-0.05, 0) is 36.3 Å². The van der Waals surface area contributed by atoms with Gasteiger partial charge in [-0.2, -0.15) is 13.2 Å². The first kappa shape index (κ1) is 16.3. The van der Waals surface area contributed by atoms with Crippen molar-refractivity contribution in [3.8, 4) is 0 Å². The molecular weight excluding hydrogens is 275 g/mol. The first-order valence-corrected chi connectivity index (χ1v) is 7.82. The zero-order valence-corrected chi connectivity index (χ0v) is 12.7. The number of halogens is 3. The Bertz CT molecular complexity index is 452. The summed E-state index contributed by atoms with van der Waals surface area (Å²) in [4.78, 5) is 0. The Kier molecular flexibility index (Phi) is 5.31. The van der Waals surface area contributed by atoms with Crippen LogP contribution in [0.15, 0.2) is 24.3 Å². The van der Waals surface area contributed by atoms with E-state index in [9.17, 15) is 13.2 Å². The van der Waals surface area contributed by atoms with Crippen molar-refractivity contribution in [2.24, 2.45) is 5.92 Å². The fourth-order valence-electron chi connectivity index (χ4n) is 2.83. The minimum atomic E-state index is -4.27. The van der Waals surface area contributed by atoms with Gasteiger partial charge in [0.25, 0.3) is 0 Å². The molecule has 0 bridgehead atoms. The highest BCUT2D eigenvalue weighted by atomic mass is 19.4. The quantitative estimate of drug-likeness (QED) is 0.749. The summed E-state index contributed by atoms with van der Waals surface area (Å²) in [5, 5.41) is 3.47. The van der Waals surface area contributed by atoms with Crippen LogP contribution in [0.3, 0.4) is 0 Å². The van der Waals surface area contributed by atoms with Crippen LogP contribution in [-0.2, 0) is 6.18 Å². The summed E-state index contributed by atoms with van der Waals surface area (Å²) in [5.74, 6) is 0.526. The first-order chi connectivity index (χ1) is 9.91. The molecule has 1 saturated carbocycles. The maximum atomic E-state index is 12.9. The van der Waals surface area contributed by atoms with Gasteiger partial charge in [0.2, 0.25) is 0 Å². The zero-order chi connectivity index (χ0) is 15.5. The van der Waals surface area contributed by atoms with Crippen molar-refractivity contribution >= 4 is 0 Å². The highest BCUT2D eigenvalue weighted by Crippen LogP contribution is 2.34. The molecule has 1 fully saturated rings. The van der Waals surface area contributed by atoms with Crippen LogP contribution in [0.25, 0.3) is 0 Å². The van der Waals surface area contributed by atoms with Crippen LogP contribution in [0.2, 0.25) is 0 Å². The van der Waals surface area contributed by atoms with E-state index in [2.05, 4.69) is 19.2 Å². The lowest BCUT2D eigenvalue weighted by atomic mass is 9.84. The van der Waals surface area contributed by atoms with E-state index in [1.165, 1.54) is 25.0 Å². The van der Waals surface area contributed by atoms with Crippen molar-refractivity contribution in [2.45, 2.75) is 57.7 Å². The summed E-state index contributed by atoms with van der Waals surface area (Å²) in [6, 6.07) is 6.42. The van der Waals surface area contributed by atoms with Crippen molar-refractivity contribution in [3.63, 3.8) is 0 Å². The highest BCUT2D eigenvalue weighted by molar-refractivity contribution is 5.29. The third-order valence-electron chi connectivity index (χ3n) is 4.28. The molecule has 1 nitrogen and oxygen atoms in total. The second-order valence-electron chi connectivity index (χ2n) is 6.18. The van der Waals surface area contributed by atoms with Gasteiger partial charge < -0.3 is 5.32 Å². The van der Waals surface area contributed by atoms with Crippen LogP contribution < -0.4 is 5.32 Å². The molecule has 118 valence electrons. The van der Waals surface area contributed by atoms with E-state index in [0.717, 1.165) is 31.0 Å². The smallest absolute Gasteiger partial charge is 0.313 e. The largest absolute Gasteiger partial charge is 0.416 e. The first-order valence-electron chi connectivity index (χ1n) is 7.82.